The van der Waals surface area contributed by atoms with Crippen LogP contribution < -0.4 is 0 Å². The van der Waals surface area contributed by atoms with E-state index in [1.807, 2.05) is 30.3 Å². The Kier molecular flexibility index (Phi) is 4.64. The van der Waals surface area contributed by atoms with Gasteiger partial charge < -0.3 is 9.53 Å². The van der Waals surface area contributed by atoms with Crippen LogP contribution in [0.1, 0.15) is 24.8 Å². The lowest BCUT2D eigenvalue weighted by Gasteiger charge is -2.33. The zero-order chi connectivity index (χ0) is 13.7. The lowest BCUT2D eigenvalue weighted by molar-refractivity contribution is -0.123. The summed E-state index contributed by atoms with van der Waals surface area (Å²) in [4.78, 5) is 10.9. The van der Waals surface area contributed by atoms with Gasteiger partial charge in [0, 0.05) is 18.8 Å². The number of benzene rings is 1. The molecule has 1 aliphatic carbocycles. The highest BCUT2D eigenvalue weighted by Crippen LogP contribution is 2.39. The average molecular weight is 268 g/mol. The molecule has 1 aromatic carbocycles. The molecule has 0 bridgehead atoms. The Balaban J connectivity index is 1.84. The molecule has 0 heterocycles. The van der Waals surface area contributed by atoms with E-state index in [-0.39, 0.29) is 37.7 Å². The summed E-state index contributed by atoms with van der Waals surface area (Å²) < 4.78 is 32.2. The molecular formula is C15H18F2O2. The standard InChI is InChI=1S/C15H18F2O2/c16-15(17)7-6-13(9-18)14(8-15)11-19-10-12-4-2-1-3-5-12/h1-5,9,13-14H,6-8,10-11H2/t13?,14-/m0/s1. The van der Waals surface area contributed by atoms with Crippen LogP contribution in [0.4, 0.5) is 8.78 Å². The lowest BCUT2D eigenvalue weighted by Crippen LogP contribution is -2.35. The summed E-state index contributed by atoms with van der Waals surface area (Å²) in [6.07, 6.45) is 0.623. The third-order valence-electron chi connectivity index (χ3n) is 3.63. The number of hydrogen-bond donors (Lipinski definition) is 0. The van der Waals surface area contributed by atoms with Crippen LogP contribution in [0.15, 0.2) is 30.3 Å². The fourth-order valence-corrected chi connectivity index (χ4v) is 2.51. The van der Waals surface area contributed by atoms with Gasteiger partial charge in [-0.2, -0.15) is 0 Å². The van der Waals surface area contributed by atoms with Gasteiger partial charge in [0.2, 0.25) is 5.92 Å². The van der Waals surface area contributed by atoms with Gasteiger partial charge in [0.05, 0.1) is 13.2 Å². The van der Waals surface area contributed by atoms with Crippen molar-refractivity contribution in [2.24, 2.45) is 11.8 Å². The van der Waals surface area contributed by atoms with Crippen molar-refractivity contribution in [3.63, 3.8) is 0 Å². The quantitative estimate of drug-likeness (QED) is 0.764. The van der Waals surface area contributed by atoms with Crippen molar-refractivity contribution in [1.29, 1.82) is 0 Å². The van der Waals surface area contributed by atoms with Crippen LogP contribution in [0.2, 0.25) is 0 Å². The number of hydrogen-bond acceptors (Lipinski definition) is 2. The molecule has 0 N–H and O–H groups in total. The zero-order valence-corrected chi connectivity index (χ0v) is 10.7. The molecular weight excluding hydrogens is 250 g/mol. The Hall–Kier alpha value is -1.29. The molecule has 0 aromatic heterocycles. The molecule has 4 heteroatoms. The summed E-state index contributed by atoms with van der Waals surface area (Å²) in [7, 11) is 0. The first-order valence-corrected chi connectivity index (χ1v) is 6.55. The van der Waals surface area contributed by atoms with Crippen molar-refractivity contribution in [3.8, 4) is 0 Å². The summed E-state index contributed by atoms with van der Waals surface area (Å²) in [6.45, 7) is 0.613. The molecule has 0 spiro atoms. The highest BCUT2D eigenvalue weighted by Gasteiger charge is 2.41. The first-order chi connectivity index (χ1) is 9.11. The Morgan fingerprint density at radius 1 is 1.32 bits per heavy atom. The average Bonchev–Trinajstić information content (AvgIpc) is 2.39. The van der Waals surface area contributed by atoms with Crippen LogP contribution in [0, 0.1) is 11.8 Å². The first kappa shape index (κ1) is 14.1. The SMILES string of the molecule is O=CC1CCC(F)(F)C[C@H]1COCc1ccccc1. The topological polar surface area (TPSA) is 26.3 Å². The van der Waals surface area contributed by atoms with E-state index in [9.17, 15) is 13.6 Å². The van der Waals surface area contributed by atoms with E-state index in [0.717, 1.165) is 11.8 Å². The Morgan fingerprint density at radius 3 is 2.74 bits per heavy atom. The van der Waals surface area contributed by atoms with Crippen LogP contribution in [0.5, 0.6) is 0 Å². The molecule has 1 unspecified atom stereocenters. The normalized spacial score (nSPS) is 26.0. The number of rotatable bonds is 5. The van der Waals surface area contributed by atoms with E-state index in [0.29, 0.717) is 6.61 Å². The van der Waals surface area contributed by atoms with Crippen LogP contribution in [0.3, 0.4) is 0 Å². The molecule has 1 aromatic rings. The second-order valence-corrected chi connectivity index (χ2v) is 5.16. The van der Waals surface area contributed by atoms with Crippen LogP contribution in [-0.2, 0) is 16.1 Å². The lowest BCUT2D eigenvalue weighted by atomic mass is 9.78. The van der Waals surface area contributed by atoms with E-state index in [2.05, 4.69) is 0 Å². The second-order valence-electron chi connectivity index (χ2n) is 5.16. The predicted octanol–water partition coefficient (Wildman–Crippen LogP) is 3.45. The maximum absolute atomic E-state index is 13.3. The third-order valence-corrected chi connectivity index (χ3v) is 3.63. The number of halogens is 2. The molecule has 2 atom stereocenters. The fourth-order valence-electron chi connectivity index (χ4n) is 2.51. The molecule has 104 valence electrons. The summed E-state index contributed by atoms with van der Waals surface area (Å²) in [5, 5.41) is 0. The molecule has 1 fully saturated rings. The maximum Gasteiger partial charge on any atom is 0.248 e. The highest BCUT2D eigenvalue weighted by atomic mass is 19.3. The Morgan fingerprint density at radius 2 is 2.05 bits per heavy atom. The minimum Gasteiger partial charge on any atom is -0.376 e. The largest absolute Gasteiger partial charge is 0.376 e. The summed E-state index contributed by atoms with van der Waals surface area (Å²) in [5.74, 6) is -3.32. The second kappa shape index (κ2) is 6.24. The fraction of sp³-hybridized carbons (Fsp3) is 0.533. The van der Waals surface area contributed by atoms with Crippen molar-refractivity contribution in [3.05, 3.63) is 35.9 Å². The van der Waals surface area contributed by atoms with E-state index in [1.165, 1.54) is 0 Å². The van der Waals surface area contributed by atoms with Crippen molar-refractivity contribution < 1.29 is 18.3 Å². The minimum absolute atomic E-state index is 0.189. The van der Waals surface area contributed by atoms with Gasteiger partial charge >= 0.3 is 0 Å². The molecule has 2 rings (SSSR count). The maximum atomic E-state index is 13.3. The van der Waals surface area contributed by atoms with E-state index in [4.69, 9.17) is 4.74 Å². The van der Waals surface area contributed by atoms with Gasteiger partial charge in [-0.25, -0.2) is 8.78 Å². The molecule has 0 saturated heterocycles. The van der Waals surface area contributed by atoms with Gasteiger partial charge in [0.25, 0.3) is 0 Å². The molecule has 1 aliphatic rings. The Labute approximate surface area is 111 Å². The number of carbonyl (C=O) groups is 1. The van der Waals surface area contributed by atoms with Gasteiger partial charge in [0.1, 0.15) is 6.29 Å². The van der Waals surface area contributed by atoms with E-state index >= 15 is 0 Å². The Bertz CT molecular complexity index is 406. The van der Waals surface area contributed by atoms with Crippen LogP contribution in [-0.4, -0.2) is 18.8 Å². The van der Waals surface area contributed by atoms with Crippen molar-refractivity contribution in [1.82, 2.24) is 0 Å². The van der Waals surface area contributed by atoms with Gasteiger partial charge in [0.15, 0.2) is 0 Å². The van der Waals surface area contributed by atoms with E-state index < -0.39 is 5.92 Å². The molecule has 2 nitrogen and oxygen atoms in total. The van der Waals surface area contributed by atoms with Gasteiger partial charge in [-0.15, -0.1) is 0 Å². The smallest absolute Gasteiger partial charge is 0.248 e. The van der Waals surface area contributed by atoms with Crippen molar-refractivity contribution in [2.75, 3.05) is 6.61 Å². The van der Waals surface area contributed by atoms with Gasteiger partial charge in [-0.05, 0) is 17.9 Å². The van der Waals surface area contributed by atoms with Crippen LogP contribution in [0.25, 0.3) is 0 Å². The summed E-state index contributed by atoms with van der Waals surface area (Å²) in [6, 6.07) is 9.57. The number of ether oxygens (including phenoxy) is 1. The summed E-state index contributed by atoms with van der Waals surface area (Å²) in [5.41, 5.74) is 1.01. The third kappa shape index (κ3) is 4.10. The predicted molar refractivity (Wildman–Crippen MR) is 67.9 cm³/mol. The monoisotopic (exact) mass is 268 g/mol. The molecule has 0 radical (unpaired) electrons. The highest BCUT2D eigenvalue weighted by molar-refractivity contribution is 5.54. The first-order valence-electron chi connectivity index (χ1n) is 6.55. The number of alkyl halides is 2. The molecule has 0 aliphatic heterocycles. The van der Waals surface area contributed by atoms with Crippen molar-refractivity contribution >= 4 is 6.29 Å². The molecule has 0 amide bonds. The van der Waals surface area contributed by atoms with Crippen molar-refractivity contribution in [2.45, 2.75) is 31.8 Å². The van der Waals surface area contributed by atoms with Gasteiger partial charge in [-0.1, -0.05) is 30.3 Å². The molecule has 1 saturated carbocycles. The molecule has 19 heavy (non-hydrogen) atoms. The van der Waals surface area contributed by atoms with Crippen LogP contribution >= 0.6 is 0 Å². The number of carbonyl (C=O) groups excluding carboxylic acids is 1. The van der Waals surface area contributed by atoms with Gasteiger partial charge in [-0.3, -0.25) is 0 Å². The zero-order valence-electron chi connectivity index (χ0n) is 10.7. The van der Waals surface area contributed by atoms with E-state index in [1.54, 1.807) is 0 Å². The summed E-state index contributed by atoms with van der Waals surface area (Å²) >= 11 is 0. The minimum atomic E-state index is -2.65. The number of aldehydes is 1.